The van der Waals surface area contributed by atoms with Gasteiger partial charge in [0.15, 0.2) is 12.4 Å². The Balaban J connectivity index is 1.72. The molecule has 0 bridgehead atoms. The second kappa shape index (κ2) is 10.6. The number of nitrogens with zero attached hydrogens (tertiary/aromatic N) is 1. The summed E-state index contributed by atoms with van der Waals surface area (Å²) >= 11 is 0. The number of Topliss-reactive ketones (excluding diaryl/α,β-unsaturated/α-hetero) is 1. The summed E-state index contributed by atoms with van der Waals surface area (Å²) in [6.45, 7) is 2.87. The Morgan fingerprint density at radius 3 is 2.31 bits per heavy atom. The number of methoxy groups -OCH3 is 1. The molecule has 0 amide bonds. The van der Waals surface area contributed by atoms with Crippen molar-refractivity contribution in [3.8, 4) is 11.5 Å². The average Bonchev–Trinajstić information content (AvgIpc) is 2.83. The van der Waals surface area contributed by atoms with E-state index in [9.17, 15) is 18.0 Å². The van der Waals surface area contributed by atoms with E-state index in [4.69, 9.17) is 18.9 Å². The van der Waals surface area contributed by atoms with E-state index in [-0.39, 0.29) is 42.5 Å². The first-order valence-electron chi connectivity index (χ1n) is 10.1. The molecule has 0 aromatic heterocycles. The number of benzene rings is 2. The maximum absolute atomic E-state index is 13.0. The Hall–Kier alpha value is -2.95. The highest BCUT2D eigenvalue weighted by atomic mass is 32.2. The molecule has 2 aromatic rings. The van der Waals surface area contributed by atoms with Gasteiger partial charge in [-0.3, -0.25) is 4.79 Å². The van der Waals surface area contributed by atoms with Crippen molar-refractivity contribution in [3.05, 3.63) is 53.6 Å². The normalized spacial score (nSPS) is 14.6. The van der Waals surface area contributed by atoms with Crippen LogP contribution < -0.4 is 9.47 Å². The van der Waals surface area contributed by atoms with Crippen LogP contribution in [0.1, 0.15) is 27.6 Å². The lowest BCUT2D eigenvalue weighted by Gasteiger charge is -2.26. The van der Waals surface area contributed by atoms with E-state index >= 15 is 0 Å². The van der Waals surface area contributed by atoms with Crippen molar-refractivity contribution in [2.45, 2.75) is 11.8 Å². The minimum absolute atomic E-state index is 0.00266. The predicted molar refractivity (Wildman–Crippen MR) is 115 cm³/mol. The molecule has 0 atom stereocenters. The zero-order chi connectivity index (χ0) is 23.1. The Bertz CT molecular complexity index is 1060. The summed E-state index contributed by atoms with van der Waals surface area (Å²) in [7, 11) is -2.55. The first-order chi connectivity index (χ1) is 15.4. The number of rotatable bonds is 9. The number of sulfonamides is 1. The molecular formula is C22H25NO8S. The average molecular weight is 464 g/mol. The van der Waals surface area contributed by atoms with Crippen LogP contribution in [0.4, 0.5) is 0 Å². The largest absolute Gasteiger partial charge is 0.495 e. The molecule has 0 N–H and O–H groups in total. The molecule has 1 heterocycles. The molecule has 10 heteroatoms. The topological polar surface area (TPSA) is 108 Å². The van der Waals surface area contributed by atoms with Crippen molar-refractivity contribution < 1.29 is 37.0 Å². The van der Waals surface area contributed by atoms with Gasteiger partial charge in [0.2, 0.25) is 10.0 Å². The standard InChI is InChI=1S/C22H25NO8S/c1-3-30-18-7-4-16(5-8-18)19(24)15-31-22(25)17-6-9-20(28-2)21(14-17)32(26,27)23-10-12-29-13-11-23/h4-9,14H,3,10-13,15H2,1-2H3. The number of esters is 1. The molecule has 0 spiro atoms. The monoisotopic (exact) mass is 463 g/mol. The Labute approximate surface area is 186 Å². The number of carbonyl (C=O) groups is 2. The highest BCUT2D eigenvalue weighted by Gasteiger charge is 2.30. The maximum atomic E-state index is 13.0. The molecule has 3 rings (SSSR count). The summed E-state index contributed by atoms with van der Waals surface area (Å²) in [5.74, 6) is -0.465. The first kappa shape index (κ1) is 23.7. The van der Waals surface area contributed by atoms with E-state index in [0.29, 0.717) is 17.9 Å². The Morgan fingerprint density at radius 2 is 1.69 bits per heavy atom. The van der Waals surface area contributed by atoms with Gasteiger partial charge in [-0.05, 0) is 49.4 Å². The number of ether oxygens (including phenoxy) is 4. The Kier molecular flexibility index (Phi) is 7.84. The fourth-order valence-electron chi connectivity index (χ4n) is 3.13. The molecule has 1 aliphatic rings. The van der Waals surface area contributed by atoms with Crippen LogP contribution in [0, 0.1) is 0 Å². The summed E-state index contributed by atoms with van der Waals surface area (Å²) in [4.78, 5) is 24.7. The Morgan fingerprint density at radius 1 is 1.03 bits per heavy atom. The van der Waals surface area contributed by atoms with E-state index in [1.807, 2.05) is 6.92 Å². The molecule has 0 radical (unpaired) electrons. The molecule has 1 saturated heterocycles. The smallest absolute Gasteiger partial charge is 0.338 e. The van der Waals surface area contributed by atoms with Crippen molar-refractivity contribution in [3.63, 3.8) is 0 Å². The van der Waals surface area contributed by atoms with Crippen LogP contribution in [0.25, 0.3) is 0 Å². The quantitative estimate of drug-likeness (QED) is 0.411. The van der Waals surface area contributed by atoms with Gasteiger partial charge in [0.25, 0.3) is 0 Å². The highest BCUT2D eigenvalue weighted by Crippen LogP contribution is 2.28. The van der Waals surface area contributed by atoms with Crippen molar-refractivity contribution in [2.75, 3.05) is 46.6 Å². The van der Waals surface area contributed by atoms with Gasteiger partial charge in [-0.2, -0.15) is 4.31 Å². The van der Waals surface area contributed by atoms with Crippen LogP contribution in [0.2, 0.25) is 0 Å². The molecule has 2 aromatic carbocycles. The molecule has 9 nitrogen and oxygen atoms in total. The predicted octanol–water partition coefficient (Wildman–Crippen LogP) is 2.15. The lowest BCUT2D eigenvalue weighted by Crippen LogP contribution is -2.40. The second-order valence-electron chi connectivity index (χ2n) is 6.84. The summed E-state index contributed by atoms with van der Waals surface area (Å²) in [5.41, 5.74) is 0.365. The van der Waals surface area contributed by atoms with Gasteiger partial charge < -0.3 is 18.9 Å². The minimum atomic E-state index is -3.90. The van der Waals surface area contributed by atoms with Gasteiger partial charge in [0.1, 0.15) is 16.4 Å². The molecule has 0 saturated carbocycles. The molecule has 32 heavy (non-hydrogen) atoms. The van der Waals surface area contributed by atoms with Crippen molar-refractivity contribution in [1.82, 2.24) is 4.31 Å². The van der Waals surface area contributed by atoms with E-state index in [2.05, 4.69) is 0 Å². The van der Waals surface area contributed by atoms with Gasteiger partial charge in [0.05, 0.1) is 32.5 Å². The molecule has 0 aliphatic carbocycles. The fourth-order valence-corrected chi connectivity index (χ4v) is 4.72. The maximum Gasteiger partial charge on any atom is 0.338 e. The molecule has 172 valence electrons. The fraction of sp³-hybridized carbons (Fsp3) is 0.364. The van der Waals surface area contributed by atoms with Crippen molar-refractivity contribution in [2.24, 2.45) is 0 Å². The molecule has 1 fully saturated rings. The lowest BCUT2D eigenvalue weighted by atomic mass is 10.1. The van der Waals surface area contributed by atoms with Crippen LogP contribution in [0.3, 0.4) is 0 Å². The summed E-state index contributed by atoms with van der Waals surface area (Å²) in [6, 6.07) is 10.5. The van der Waals surface area contributed by atoms with Gasteiger partial charge in [-0.15, -0.1) is 0 Å². The number of ketones is 1. The van der Waals surface area contributed by atoms with Crippen LogP contribution >= 0.6 is 0 Å². The van der Waals surface area contributed by atoms with Crippen molar-refractivity contribution >= 4 is 21.8 Å². The van der Waals surface area contributed by atoms with Gasteiger partial charge in [0, 0.05) is 18.7 Å². The first-order valence-corrected chi connectivity index (χ1v) is 11.5. The van der Waals surface area contributed by atoms with E-state index in [0.717, 1.165) is 0 Å². The van der Waals surface area contributed by atoms with Crippen LogP contribution in [-0.2, 0) is 19.5 Å². The third kappa shape index (κ3) is 5.45. The number of hydrogen-bond acceptors (Lipinski definition) is 8. The van der Waals surface area contributed by atoms with Gasteiger partial charge in [-0.25, -0.2) is 13.2 Å². The summed E-state index contributed by atoms with van der Waals surface area (Å²) in [6.07, 6.45) is 0. The zero-order valence-corrected chi connectivity index (χ0v) is 18.7. The van der Waals surface area contributed by atoms with Crippen molar-refractivity contribution in [1.29, 1.82) is 0 Å². The number of hydrogen-bond donors (Lipinski definition) is 0. The SMILES string of the molecule is CCOc1ccc(C(=O)COC(=O)c2ccc(OC)c(S(=O)(=O)N3CCOCC3)c2)cc1. The van der Waals surface area contributed by atoms with Crippen LogP contribution in [0.5, 0.6) is 11.5 Å². The van der Waals surface area contributed by atoms with Crippen LogP contribution in [-0.4, -0.2) is 71.1 Å². The van der Waals surface area contributed by atoms with E-state index in [1.165, 1.54) is 29.6 Å². The third-order valence-corrected chi connectivity index (χ3v) is 6.73. The second-order valence-corrected chi connectivity index (χ2v) is 8.75. The molecule has 0 unspecified atom stereocenters. The van der Waals surface area contributed by atoms with Gasteiger partial charge >= 0.3 is 5.97 Å². The van der Waals surface area contributed by atoms with E-state index < -0.39 is 28.4 Å². The third-order valence-electron chi connectivity index (χ3n) is 4.81. The summed E-state index contributed by atoms with van der Waals surface area (Å²) in [5, 5.41) is 0. The highest BCUT2D eigenvalue weighted by molar-refractivity contribution is 7.89. The van der Waals surface area contributed by atoms with Crippen LogP contribution in [0.15, 0.2) is 47.4 Å². The minimum Gasteiger partial charge on any atom is -0.495 e. The zero-order valence-electron chi connectivity index (χ0n) is 17.9. The number of carbonyl (C=O) groups excluding carboxylic acids is 2. The summed E-state index contributed by atoms with van der Waals surface area (Å²) < 4.78 is 48.2. The van der Waals surface area contributed by atoms with E-state index in [1.54, 1.807) is 24.3 Å². The molecule has 1 aliphatic heterocycles. The number of morpholine rings is 1. The lowest BCUT2D eigenvalue weighted by molar-refractivity contribution is 0.0474. The molecular weight excluding hydrogens is 438 g/mol. The van der Waals surface area contributed by atoms with Gasteiger partial charge in [-0.1, -0.05) is 0 Å².